The molecule has 0 aliphatic rings. The summed E-state index contributed by atoms with van der Waals surface area (Å²) in [6.45, 7) is 0.692. The zero-order chi connectivity index (χ0) is 17.4. The highest BCUT2D eigenvalue weighted by Crippen LogP contribution is 2.39. The summed E-state index contributed by atoms with van der Waals surface area (Å²) in [5.41, 5.74) is 0.774. The van der Waals surface area contributed by atoms with Gasteiger partial charge in [-0.05, 0) is 12.1 Å². The molecule has 2 aromatic rings. The van der Waals surface area contributed by atoms with Crippen LogP contribution in [0, 0.1) is 0 Å². The minimum atomic E-state index is 0. The molecule has 25 heavy (non-hydrogen) atoms. The van der Waals surface area contributed by atoms with E-state index in [2.05, 4.69) is 15.6 Å². The molecule has 0 bridgehead atoms. The molecule has 0 radical (unpaired) electrons. The molecule has 1 aromatic heterocycles. The Labute approximate surface area is 164 Å². The first kappa shape index (κ1) is 20.9. The van der Waals surface area contributed by atoms with E-state index in [1.54, 1.807) is 34.6 Å². The summed E-state index contributed by atoms with van der Waals surface area (Å²) in [5.74, 6) is 3.25. The van der Waals surface area contributed by atoms with Crippen LogP contribution < -0.4 is 24.8 Å². The van der Waals surface area contributed by atoms with Crippen molar-refractivity contribution < 1.29 is 18.6 Å². The van der Waals surface area contributed by atoms with E-state index in [0.717, 1.165) is 17.9 Å². The molecule has 0 atom stereocenters. The molecule has 0 unspecified atom stereocenters. The second-order valence-electron chi connectivity index (χ2n) is 4.87. The van der Waals surface area contributed by atoms with Crippen LogP contribution in [-0.4, -0.2) is 40.9 Å². The third-order valence-corrected chi connectivity index (χ3v) is 3.40. The molecule has 2 rings (SSSR count). The van der Waals surface area contributed by atoms with E-state index in [1.807, 2.05) is 24.3 Å². The fraction of sp³-hybridized carbons (Fsp3) is 0.353. The number of methoxy groups -OCH3 is 3. The first-order valence-corrected chi connectivity index (χ1v) is 7.51. The lowest BCUT2D eigenvalue weighted by Crippen LogP contribution is -2.32. The highest BCUT2D eigenvalue weighted by atomic mass is 127. The van der Waals surface area contributed by atoms with Gasteiger partial charge in [0.05, 0.1) is 27.6 Å². The van der Waals surface area contributed by atoms with Crippen LogP contribution in [-0.2, 0) is 6.42 Å². The maximum absolute atomic E-state index is 5.35. The number of hydrogen-bond donors (Lipinski definition) is 2. The Hall–Kier alpha value is -2.10. The maximum atomic E-state index is 5.35. The van der Waals surface area contributed by atoms with E-state index in [1.165, 1.54) is 0 Å². The normalized spacial score (nSPS) is 10.6. The van der Waals surface area contributed by atoms with Crippen molar-refractivity contribution in [3.63, 3.8) is 0 Å². The molecule has 138 valence electrons. The molecule has 0 fully saturated rings. The largest absolute Gasteiger partial charge is 0.493 e. The predicted molar refractivity (Wildman–Crippen MR) is 109 cm³/mol. The molecule has 0 saturated carbocycles. The standard InChI is InChI=1S/C17H23N3O4.HI/c1-18-17(19-8-7-13-6-5-9-24-13)20-12-10-14(21-2)16(23-4)15(11-12)22-3;/h5-6,9-11H,7-8H2,1-4H3,(H2,18,19,20);1H. The van der Waals surface area contributed by atoms with E-state index in [9.17, 15) is 0 Å². The molecule has 0 amide bonds. The van der Waals surface area contributed by atoms with Crippen molar-refractivity contribution in [1.29, 1.82) is 0 Å². The Bertz CT molecular complexity index is 650. The van der Waals surface area contributed by atoms with Gasteiger partial charge in [0.2, 0.25) is 5.75 Å². The van der Waals surface area contributed by atoms with Gasteiger partial charge in [0, 0.05) is 37.8 Å². The van der Waals surface area contributed by atoms with Crippen LogP contribution in [0.2, 0.25) is 0 Å². The molecular formula is C17H24IN3O4. The second-order valence-corrected chi connectivity index (χ2v) is 4.87. The van der Waals surface area contributed by atoms with E-state index in [4.69, 9.17) is 18.6 Å². The average molecular weight is 461 g/mol. The van der Waals surface area contributed by atoms with Gasteiger partial charge in [-0.2, -0.15) is 0 Å². The van der Waals surface area contributed by atoms with Gasteiger partial charge in [0.25, 0.3) is 0 Å². The van der Waals surface area contributed by atoms with Gasteiger partial charge >= 0.3 is 0 Å². The van der Waals surface area contributed by atoms with E-state index in [0.29, 0.717) is 29.8 Å². The van der Waals surface area contributed by atoms with Gasteiger partial charge in [0.15, 0.2) is 17.5 Å². The van der Waals surface area contributed by atoms with Crippen molar-refractivity contribution in [2.24, 2.45) is 4.99 Å². The van der Waals surface area contributed by atoms with Crippen LogP contribution in [0.25, 0.3) is 0 Å². The summed E-state index contributed by atoms with van der Waals surface area (Å²) < 4.78 is 21.3. The molecule has 0 aliphatic carbocycles. The predicted octanol–water partition coefficient (Wildman–Crippen LogP) is 3.15. The van der Waals surface area contributed by atoms with Crippen LogP contribution in [0.4, 0.5) is 5.69 Å². The van der Waals surface area contributed by atoms with Crippen molar-refractivity contribution in [2.75, 3.05) is 40.2 Å². The maximum Gasteiger partial charge on any atom is 0.203 e. The summed E-state index contributed by atoms with van der Waals surface area (Å²) in [7, 11) is 6.44. The smallest absolute Gasteiger partial charge is 0.203 e. The molecule has 1 heterocycles. The molecule has 7 nitrogen and oxygen atoms in total. The van der Waals surface area contributed by atoms with Crippen LogP contribution in [0.3, 0.4) is 0 Å². The molecule has 0 spiro atoms. The summed E-state index contributed by atoms with van der Waals surface area (Å²) in [6, 6.07) is 7.46. The average Bonchev–Trinajstić information content (AvgIpc) is 3.13. The zero-order valence-electron chi connectivity index (χ0n) is 14.8. The number of rotatable bonds is 7. The molecule has 1 aromatic carbocycles. The second kappa shape index (κ2) is 10.7. The minimum Gasteiger partial charge on any atom is -0.493 e. The topological polar surface area (TPSA) is 77.3 Å². The molecular weight excluding hydrogens is 437 g/mol. The van der Waals surface area contributed by atoms with Gasteiger partial charge in [-0.25, -0.2) is 0 Å². The number of anilines is 1. The van der Waals surface area contributed by atoms with Gasteiger partial charge in [-0.15, -0.1) is 24.0 Å². The Balaban J connectivity index is 0.00000312. The van der Waals surface area contributed by atoms with Crippen molar-refractivity contribution in [1.82, 2.24) is 5.32 Å². The first-order valence-electron chi connectivity index (χ1n) is 7.51. The van der Waals surface area contributed by atoms with Crippen molar-refractivity contribution >= 4 is 35.6 Å². The molecule has 8 heteroatoms. The Morgan fingerprint density at radius 3 is 2.28 bits per heavy atom. The number of nitrogens with one attached hydrogen (secondary N) is 2. The van der Waals surface area contributed by atoms with E-state index < -0.39 is 0 Å². The van der Waals surface area contributed by atoms with Gasteiger partial charge in [0.1, 0.15) is 5.76 Å². The number of furan rings is 1. The number of guanidine groups is 1. The summed E-state index contributed by atoms with van der Waals surface area (Å²) in [4.78, 5) is 4.21. The Morgan fingerprint density at radius 2 is 1.80 bits per heavy atom. The summed E-state index contributed by atoms with van der Waals surface area (Å²) in [6.07, 6.45) is 2.43. The van der Waals surface area contributed by atoms with E-state index >= 15 is 0 Å². The minimum absolute atomic E-state index is 0. The van der Waals surface area contributed by atoms with Crippen LogP contribution in [0.1, 0.15) is 5.76 Å². The highest BCUT2D eigenvalue weighted by molar-refractivity contribution is 14.0. The SMILES string of the molecule is CN=C(NCCc1ccco1)Nc1cc(OC)c(OC)c(OC)c1.I. The Kier molecular flexibility index (Phi) is 8.96. The zero-order valence-corrected chi connectivity index (χ0v) is 17.1. The number of hydrogen-bond acceptors (Lipinski definition) is 5. The number of aliphatic imine (C=N–C) groups is 1. The first-order chi connectivity index (χ1) is 11.7. The lowest BCUT2D eigenvalue weighted by molar-refractivity contribution is 0.324. The molecule has 2 N–H and O–H groups in total. The lowest BCUT2D eigenvalue weighted by Gasteiger charge is -2.16. The third-order valence-electron chi connectivity index (χ3n) is 3.40. The number of ether oxygens (including phenoxy) is 3. The van der Waals surface area contributed by atoms with Crippen molar-refractivity contribution in [2.45, 2.75) is 6.42 Å². The van der Waals surface area contributed by atoms with E-state index in [-0.39, 0.29) is 24.0 Å². The van der Waals surface area contributed by atoms with Crippen LogP contribution >= 0.6 is 24.0 Å². The van der Waals surface area contributed by atoms with Crippen LogP contribution in [0.15, 0.2) is 39.9 Å². The van der Waals surface area contributed by atoms with Crippen molar-refractivity contribution in [3.8, 4) is 17.2 Å². The fourth-order valence-electron chi connectivity index (χ4n) is 2.23. The summed E-state index contributed by atoms with van der Waals surface area (Å²) >= 11 is 0. The van der Waals surface area contributed by atoms with Crippen molar-refractivity contribution in [3.05, 3.63) is 36.3 Å². The molecule has 0 saturated heterocycles. The van der Waals surface area contributed by atoms with Gasteiger partial charge in [-0.3, -0.25) is 4.99 Å². The fourth-order valence-corrected chi connectivity index (χ4v) is 2.23. The third kappa shape index (κ3) is 5.73. The molecule has 0 aliphatic heterocycles. The van der Waals surface area contributed by atoms with Gasteiger partial charge in [-0.1, -0.05) is 0 Å². The van der Waals surface area contributed by atoms with Crippen LogP contribution in [0.5, 0.6) is 17.2 Å². The summed E-state index contributed by atoms with van der Waals surface area (Å²) in [5, 5.41) is 6.43. The number of halogens is 1. The number of nitrogens with zero attached hydrogens (tertiary/aromatic N) is 1. The number of benzene rings is 1. The highest BCUT2D eigenvalue weighted by Gasteiger charge is 2.13. The Morgan fingerprint density at radius 1 is 1.12 bits per heavy atom. The van der Waals surface area contributed by atoms with Gasteiger partial charge < -0.3 is 29.3 Å². The lowest BCUT2D eigenvalue weighted by atomic mass is 10.2. The quantitative estimate of drug-likeness (QED) is 0.375. The monoisotopic (exact) mass is 461 g/mol.